The normalized spacial score (nSPS) is 10.9. The fraction of sp³-hybridized carbons (Fsp3) is 0.200. The molecule has 0 unspecified atom stereocenters. The molecule has 3 rings (SSSR count). The highest BCUT2D eigenvalue weighted by atomic mass is 32.2. The molecule has 1 aromatic heterocycles. The van der Waals surface area contributed by atoms with Crippen molar-refractivity contribution in [2.24, 2.45) is 0 Å². The van der Waals surface area contributed by atoms with E-state index >= 15 is 0 Å². The molecule has 1 heterocycles. The lowest BCUT2D eigenvalue weighted by Crippen LogP contribution is -2.17. The molecule has 0 aliphatic rings. The number of alkyl halides is 3. The van der Waals surface area contributed by atoms with Gasteiger partial charge in [0.05, 0.1) is 17.9 Å². The minimum Gasteiger partial charge on any atom is -0.494 e. The number of rotatable bonds is 11. The Hall–Kier alpha value is -4.06. The van der Waals surface area contributed by atoms with Crippen LogP contribution in [-0.2, 0) is 9.53 Å². The lowest BCUT2D eigenvalue weighted by atomic mass is 10.1. The Morgan fingerprint density at radius 1 is 0.973 bits per heavy atom. The third-order valence-electron chi connectivity index (χ3n) is 4.52. The van der Waals surface area contributed by atoms with Gasteiger partial charge in [0, 0.05) is 17.4 Å². The number of ketones is 1. The fourth-order valence-electron chi connectivity index (χ4n) is 2.93. The number of carbonyl (C=O) groups is 3. The summed E-state index contributed by atoms with van der Waals surface area (Å²) in [6, 6.07) is 14.0. The molecule has 1 amide bonds. The van der Waals surface area contributed by atoms with Crippen LogP contribution in [0.5, 0.6) is 11.5 Å². The van der Waals surface area contributed by atoms with E-state index in [0.717, 1.165) is 23.9 Å². The maximum absolute atomic E-state index is 12.6. The van der Waals surface area contributed by atoms with Crippen molar-refractivity contribution in [3.8, 4) is 11.5 Å². The molecule has 12 heteroatoms. The minimum absolute atomic E-state index is 0.0773. The van der Waals surface area contributed by atoms with Gasteiger partial charge in [-0.1, -0.05) is 11.8 Å². The fourth-order valence-corrected chi connectivity index (χ4v) is 3.71. The number of hydrogen-bond donors (Lipinski definition) is 1. The topological polar surface area (TPSA) is 104 Å². The Bertz CT molecular complexity index is 1230. The smallest absolute Gasteiger partial charge is 0.494 e. The van der Waals surface area contributed by atoms with E-state index < -0.39 is 36.4 Å². The summed E-state index contributed by atoms with van der Waals surface area (Å²) in [5.74, 6) is -1.62. The quantitative estimate of drug-likeness (QED) is 0.205. The van der Waals surface area contributed by atoms with Crippen LogP contribution in [-0.4, -0.2) is 48.0 Å². The second kappa shape index (κ2) is 12.8. The number of benzene rings is 2. The van der Waals surface area contributed by atoms with E-state index in [1.807, 2.05) is 6.92 Å². The van der Waals surface area contributed by atoms with Crippen LogP contribution in [0, 0.1) is 0 Å². The summed E-state index contributed by atoms with van der Waals surface area (Å²) in [5, 5.41) is 2.74. The number of hydrogen-bond acceptors (Lipinski definition) is 8. The van der Waals surface area contributed by atoms with Gasteiger partial charge in [0.2, 0.25) is 5.91 Å². The van der Waals surface area contributed by atoms with Gasteiger partial charge in [-0.2, -0.15) is 0 Å². The summed E-state index contributed by atoms with van der Waals surface area (Å²) < 4.78 is 51.0. The molecule has 0 spiro atoms. The number of pyridine rings is 1. The molecule has 0 bridgehead atoms. The summed E-state index contributed by atoms with van der Waals surface area (Å²) in [6.45, 7) is 1.85. The van der Waals surface area contributed by atoms with E-state index in [1.54, 1.807) is 24.3 Å². The van der Waals surface area contributed by atoms with Crippen molar-refractivity contribution in [3.05, 3.63) is 78.0 Å². The molecule has 2 aromatic carbocycles. The van der Waals surface area contributed by atoms with Gasteiger partial charge < -0.3 is 19.5 Å². The molecular weight excluding hydrogens is 513 g/mol. The largest absolute Gasteiger partial charge is 0.573 e. The Morgan fingerprint density at radius 2 is 1.65 bits per heavy atom. The molecule has 0 aliphatic heterocycles. The van der Waals surface area contributed by atoms with Crippen LogP contribution in [0.3, 0.4) is 0 Å². The summed E-state index contributed by atoms with van der Waals surface area (Å²) in [4.78, 5) is 41.3. The van der Waals surface area contributed by atoms with E-state index in [9.17, 15) is 27.6 Å². The number of ether oxygens (including phenoxy) is 3. The Balaban J connectivity index is 1.52. The molecule has 3 aromatic rings. The van der Waals surface area contributed by atoms with Crippen LogP contribution in [0.25, 0.3) is 0 Å². The van der Waals surface area contributed by atoms with Crippen molar-refractivity contribution >= 4 is 35.1 Å². The van der Waals surface area contributed by atoms with E-state index in [4.69, 9.17) is 9.47 Å². The summed E-state index contributed by atoms with van der Waals surface area (Å²) >= 11 is 0.954. The molecular formula is C25H21F3N2O6S. The van der Waals surface area contributed by atoms with E-state index in [-0.39, 0.29) is 22.0 Å². The summed E-state index contributed by atoms with van der Waals surface area (Å²) in [7, 11) is 0. The van der Waals surface area contributed by atoms with Crippen LogP contribution in [0.15, 0.2) is 71.9 Å². The third kappa shape index (κ3) is 8.83. The molecule has 37 heavy (non-hydrogen) atoms. The lowest BCUT2D eigenvalue weighted by molar-refractivity contribution is -0.274. The highest BCUT2D eigenvalue weighted by Gasteiger charge is 2.31. The summed E-state index contributed by atoms with van der Waals surface area (Å²) in [5.41, 5.74) is 0.689. The first kappa shape index (κ1) is 27.5. The maximum Gasteiger partial charge on any atom is 0.573 e. The van der Waals surface area contributed by atoms with Gasteiger partial charge >= 0.3 is 12.3 Å². The summed E-state index contributed by atoms with van der Waals surface area (Å²) in [6.07, 6.45) is -3.38. The number of halogens is 3. The van der Waals surface area contributed by atoms with Gasteiger partial charge in [0.15, 0.2) is 12.4 Å². The highest BCUT2D eigenvalue weighted by Crippen LogP contribution is 2.25. The van der Waals surface area contributed by atoms with Crippen LogP contribution < -0.4 is 14.8 Å². The number of aromatic nitrogens is 1. The predicted octanol–water partition coefficient (Wildman–Crippen LogP) is 5.15. The zero-order valence-electron chi connectivity index (χ0n) is 19.4. The monoisotopic (exact) mass is 534 g/mol. The second-order valence-corrected chi connectivity index (χ2v) is 8.19. The lowest BCUT2D eigenvalue weighted by Gasteiger charge is -2.10. The minimum atomic E-state index is -4.81. The van der Waals surface area contributed by atoms with Gasteiger partial charge in [-0.05, 0) is 67.6 Å². The van der Waals surface area contributed by atoms with Gasteiger partial charge in [-0.25, -0.2) is 9.78 Å². The maximum atomic E-state index is 12.6. The van der Waals surface area contributed by atoms with Crippen molar-refractivity contribution in [3.63, 3.8) is 0 Å². The molecule has 8 nitrogen and oxygen atoms in total. The SMILES string of the molecule is CCOc1ccc(C(=O)COC(=O)c2cccnc2SCC(=O)Nc2ccc(OC(F)(F)F)cc2)cc1. The number of nitrogens with zero attached hydrogens (tertiary/aromatic N) is 1. The van der Waals surface area contributed by atoms with Crippen LogP contribution >= 0.6 is 11.8 Å². The Labute approximate surface area is 214 Å². The number of anilines is 1. The van der Waals surface area contributed by atoms with E-state index in [1.165, 1.54) is 30.5 Å². The zero-order valence-corrected chi connectivity index (χ0v) is 20.2. The molecule has 1 N–H and O–H groups in total. The van der Waals surface area contributed by atoms with Gasteiger partial charge in [-0.15, -0.1) is 13.2 Å². The Kier molecular flexibility index (Phi) is 9.50. The molecule has 0 fully saturated rings. The molecule has 0 saturated heterocycles. The average Bonchev–Trinajstić information content (AvgIpc) is 2.87. The first-order valence-corrected chi connectivity index (χ1v) is 11.8. The van der Waals surface area contributed by atoms with Crippen molar-refractivity contribution in [1.29, 1.82) is 0 Å². The second-order valence-electron chi connectivity index (χ2n) is 7.22. The molecule has 0 atom stereocenters. The van der Waals surface area contributed by atoms with Crippen LogP contribution in [0.4, 0.5) is 18.9 Å². The first-order chi connectivity index (χ1) is 17.6. The van der Waals surface area contributed by atoms with Crippen LogP contribution in [0.2, 0.25) is 0 Å². The number of nitrogens with one attached hydrogen (secondary N) is 1. The highest BCUT2D eigenvalue weighted by molar-refractivity contribution is 8.00. The Morgan fingerprint density at radius 3 is 2.30 bits per heavy atom. The number of thioether (sulfide) groups is 1. The van der Waals surface area contributed by atoms with E-state index in [2.05, 4.69) is 15.0 Å². The predicted molar refractivity (Wildman–Crippen MR) is 129 cm³/mol. The van der Waals surface area contributed by atoms with Gasteiger partial charge in [0.25, 0.3) is 0 Å². The molecule has 0 aliphatic carbocycles. The number of esters is 1. The number of carbonyl (C=O) groups excluding carboxylic acids is 3. The van der Waals surface area contributed by atoms with Gasteiger partial charge in [-0.3, -0.25) is 9.59 Å². The van der Waals surface area contributed by atoms with Crippen LogP contribution in [0.1, 0.15) is 27.6 Å². The molecule has 0 radical (unpaired) electrons. The average molecular weight is 535 g/mol. The van der Waals surface area contributed by atoms with Gasteiger partial charge in [0.1, 0.15) is 16.5 Å². The van der Waals surface area contributed by atoms with Crippen molar-refractivity contribution < 1.29 is 41.8 Å². The molecule has 0 saturated carbocycles. The first-order valence-electron chi connectivity index (χ1n) is 10.8. The standard InChI is InChI=1S/C25H21F3N2O6S/c1-2-34-18-9-5-16(6-10-18)21(31)14-35-24(33)20-4-3-13-29-23(20)37-15-22(32)30-17-7-11-19(12-8-17)36-25(26,27)28/h3-13H,2,14-15H2,1H3,(H,30,32). The zero-order chi connectivity index (χ0) is 26.8. The van der Waals surface area contributed by atoms with E-state index in [0.29, 0.717) is 17.9 Å². The number of Topliss-reactive ketones (excluding diaryl/α,β-unsaturated/α-hetero) is 1. The van der Waals surface area contributed by atoms with Crippen molar-refractivity contribution in [1.82, 2.24) is 4.98 Å². The van der Waals surface area contributed by atoms with Crippen molar-refractivity contribution in [2.45, 2.75) is 18.3 Å². The third-order valence-corrected chi connectivity index (χ3v) is 5.53. The van der Waals surface area contributed by atoms with Crippen molar-refractivity contribution in [2.75, 3.05) is 24.3 Å². The number of amides is 1. The molecule has 194 valence electrons.